The molecule has 0 unspecified atom stereocenters. The van der Waals surface area contributed by atoms with Crippen molar-refractivity contribution in [3.63, 3.8) is 0 Å². The van der Waals surface area contributed by atoms with Gasteiger partial charge in [0.2, 0.25) is 15.9 Å². The Bertz CT molecular complexity index is 922. The lowest BCUT2D eigenvalue weighted by Gasteiger charge is -2.28. The summed E-state index contributed by atoms with van der Waals surface area (Å²) < 4.78 is 30.2. The predicted octanol–water partition coefficient (Wildman–Crippen LogP) is 2.57. The summed E-state index contributed by atoms with van der Waals surface area (Å²) in [5.41, 5.74) is 2.18. The fourth-order valence-corrected chi connectivity index (χ4v) is 3.73. The van der Waals surface area contributed by atoms with Gasteiger partial charge in [0.15, 0.2) is 0 Å². The van der Waals surface area contributed by atoms with Crippen LogP contribution in [0.3, 0.4) is 0 Å². The monoisotopic (exact) mass is 390 g/mol. The first kappa shape index (κ1) is 20.4. The summed E-state index contributed by atoms with van der Waals surface area (Å²) >= 11 is 0. The van der Waals surface area contributed by atoms with Gasteiger partial charge in [-0.15, -0.1) is 0 Å². The molecule has 0 aliphatic heterocycles. The van der Waals surface area contributed by atoms with E-state index in [9.17, 15) is 18.0 Å². The second-order valence-corrected chi connectivity index (χ2v) is 7.99. The Morgan fingerprint density at radius 3 is 2.07 bits per heavy atom. The quantitative estimate of drug-likeness (QED) is 0.765. The number of ether oxygens (including phenoxy) is 1. The molecule has 0 aliphatic rings. The van der Waals surface area contributed by atoms with Crippen LogP contribution in [-0.2, 0) is 19.6 Å². The lowest BCUT2D eigenvalue weighted by molar-refractivity contribution is -0.116. The molecule has 0 aromatic heterocycles. The number of nitrogens with zero attached hydrogens (tertiary/aromatic N) is 1. The number of hydrogen-bond acceptors (Lipinski definition) is 5. The van der Waals surface area contributed by atoms with Crippen LogP contribution < -0.4 is 9.62 Å². The number of hydrogen-bond donors (Lipinski definition) is 1. The van der Waals surface area contributed by atoms with Crippen molar-refractivity contribution in [1.82, 2.24) is 0 Å². The number of carbonyl (C=O) groups excluding carboxylic acids is 2. The molecule has 0 heterocycles. The van der Waals surface area contributed by atoms with Crippen molar-refractivity contribution in [3.05, 3.63) is 59.7 Å². The summed E-state index contributed by atoms with van der Waals surface area (Å²) in [7, 11) is -2.40. The lowest BCUT2D eigenvalue weighted by Crippen LogP contribution is -2.45. The van der Waals surface area contributed by atoms with E-state index in [0.29, 0.717) is 16.9 Å². The molecule has 7 nitrogen and oxygen atoms in total. The Labute approximate surface area is 159 Å². The van der Waals surface area contributed by atoms with E-state index in [0.717, 1.165) is 16.1 Å². The maximum atomic E-state index is 12.6. The largest absolute Gasteiger partial charge is 0.465 e. The maximum absolute atomic E-state index is 12.6. The summed E-state index contributed by atoms with van der Waals surface area (Å²) in [4.78, 5) is 24.1. The molecule has 0 bridgehead atoms. The van der Waals surface area contributed by atoms with E-state index >= 15 is 0 Å². The van der Waals surface area contributed by atoms with Gasteiger partial charge in [0.05, 0.1) is 24.6 Å². The fraction of sp³-hybridized carbons (Fsp3) is 0.263. The van der Waals surface area contributed by atoms with Crippen LogP contribution in [0, 0.1) is 6.92 Å². The topological polar surface area (TPSA) is 92.8 Å². The number of aryl methyl sites for hydroxylation is 1. The van der Waals surface area contributed by atoms with E-state index in [1.165, 1.54) is 26.2 Å². The molecule has 0 saturated heterocycles. The molecule has 1 N–H and O–H groups in total. The van der Waals surface area contributed by atoms with E-state index in [-0.39, 0.29) is 0 Å². The molecular formula is C19H22N2O5S. The van der Waals surface area contributed by atoms with E-state index in [1.54, 1.807) is 36.4 Å². The first-order valence-corrected chi connectivity index (χ1v) is 10.0. The van der Waals surface area contributed by atoms with Crippen molar-refractivity contribution in [2.24, 2.45) is 0 Å². The fourth-order valence-electron chi connectivity index (χ4n) is 2.55. The number of amides is 1. The Morgan fingerprint density at radius 2 is 1.59 bits per heavy atom. The second kappa shape index (κ2) is 8.22. The molecule has 0 fully saturated rings. The molecule has 8 heteroatoms. The van der Waals surface area contributed by atoms with Gasteiger partial charge in [-0.25, -0.2) is 13.2 Å². The Hall–Kier alpha value is -2.87. The van der Waals surface area contributed by atoms with Gasteiger partial charge in [-0.05, 0) is 50.2 Å². The molecule has 27 heavy (non-hydrogen) atoms. The SMILES string of the molecule is COC(=O)c1ccc(NC(=O)[C@H](C)N(c2ccc(C)cc2)S(C)(=O)=O)cc1. The van der Waals surface area contributed by atoms with Gasteiger partial charge < -0.3 is 10.1 Å². The van der Waals surface area contributed by atoms with Crippen LogP contribution in [0.1, 0.15) is 22.8 Å². The Morgan fingerprint density at radius 1 is 1.04 bits per heavy atom. The number of anilines is 2. The average Bonchev–Trinajstić information content (AvgIpc) is 2.62. The molecule has 0 radical (unpaired) electrons. The van der Waals surface area contributed by atoms with Crippen LogP contribution in [0.5, 0.6) is 0 Å². The Kier molecular flexibility index (Phi) is 6.22. The highest BCUT2D eigenvalue weighted by Gasteiger charge is 2.29. The molecule has 0 spiro atoms. The zero-order chi connectivity index (χ0) is 20.2. The van der Waals surface area contributed by atoms with Crippen molar-refractivity contribution >= 4 is 33.3 Å². The molecule has 1 atom stereocenters. The van der Waals surface area contributed by atoms with Crippen LogP contribution in [0.25, 0.3) is 0 Å². The van der Waals surface area contributed by atoms with Crippen molar-refractivity contribution in [2.45, 2.75) is 19.9 Å². The molecule has 1 amide bonds. The van der Waals surface area contributed by atoms with Gasteiger partial charge >= 0.3 is 5.97 Å². The van der Waals surface area contributed by atoms with Gasteiger partial charge in [0, 0.05) is 5.69 Å². The molecule has 0 aliphatic carbocycles. The van der Waals surface area contributed by atoms with Crippen molar-refractivity contribution in [3.8, 4) is 0 Å². The lowest BCUT2D eigenvalue weighted by atomic mass is 10.2. The third-order valence-corrected chi connectivity index (χ3v) is 5.19. The maximum Gasteiger partial charge on any atom is 0.337 e. The summed E-state index contributed by atoms with van der Waals surface area (Å²) in [5.74, 6) is -0.976. The predicted molar refractivity (Wildman–Crippen MR) is 104 cm³/mol. The minimum absolute atomic E-state index is 0.348. The van der Waals surface area contributed by atoms with Gasteiger partial charge in [-0.3, -0.25) is 9.10 Å². The molecular weight excluding hydrogens is 368 g/mol. The second-order valence-electron chi connectivity index (χ2n) is 6.13. The first-order chi connectivity index (χ1) is 12.6. The number of esters is 1. The van der Waals surface area contributed by atoms with E-state index in [2.05, 4.69) is 10.1 Å². The number of benzene rings is 2. The van der Waals surface area contributed by atoms with Gasteiger partial charge in [-0.2, -0.15) is 0 Å². The van der Waals surface area contributed by atoms with Gasteiger partial charge in [-0.1, -0.05) is 17.7 Å². The summed E-state index contributed by atoms with van der Waals surface area (Å²) in [6.45, 7) is 3.40. The number of sulfonamides is 1. The molecule has 2 aromatic rings. The van der Waals surface area contributed by atoms with Crippen LogP contribution in [-0.4, -0.2) is 39.7 Å². The minimum atomic E-state index is -3.68. The normalized spacial score (nSPS) is 12.1. The van der Waals surface area contributed by atoms with E-state index in [1.807, 2.05) is 6.92 Å². The van der Waals surface area contributed by atoms with Crippen LogP contribution in [0.4, 0.5) is 11.4 Å². The zero-order valence-corrected chi connectivity index (χ0v) is 16.4. The van der Waals surface area contributed by atoms with Crippen LogP contribution in [0.15, 0.2) is 48.5 Å². The van der Waals surface area contributed by atoms with Crippen molar-refractivity contribution in [2.75, 3.05) is 23.0 Å². The van der Waals surface area contributed by atoms with Crippen LogP contribution >= 0.6 is 0 Å². The van der Waals surface area contributed by atoms with Crippen molar-refractivity contribution < 1.29 is 22.7 Å². The highest BCUT2D eigenvalue weighted by Crippen LogP contribution is 2.22. The standard InChI is InChI=1S/C19H22N2O5S/c1-13-5-11-17(12-6-13)21(27(4,24)25)14(2)18(22)20-16-9-7-15(8-10-16)19(23)26-3/h5-12,14H,1-4H3,(H,20,22)/t14-/m0/s1. The third kappa shape index (κ3) is 5.07. The van der Waals surface area contributed by atoms with E-state index < -0.39 is 27.9 Å². The molecule has 2 aromatic carbocycles. The molecule has 144 valence electrons. The summed E-state index contributed by atoms with van der Waals surface area (Å²) in [5, 5.41) is 2.66. The smallest absolute Gasteiger partial charge is 0.337 e. The average molecular weight is 390 g/mol. The highest BCUT2D eigenvalue weighted by atomic mass is 32.2. The van der Waals surface area contributed by atoms with E-state index in [4.69, 9.17) is 0 Å². The van der Waals surface area contributed by atoms with Crippen LogP contribution in [0.2, 0.25) is 0 Å². The molecule has 2 rings (SSSR count). The Balaban J connectivity index is 2.22. The third-order valence-electron chi connectivity index (χ3n) is 3.95. The van der Waals surface area contributed by atoms with Gasteiger partial charge in [0.25, 0.3) is 0 Å². The summed E-state index contributed by atoms with van der Waals surface area (Å²) in [6.07, 6.45) is 1.06. The first-order valence-electron chi connectivity index (χ1n) is 8.19. The number of methoxy groups -OCH3 is 1. The molecule has 0 saturated carbocycles. The number of rotatable bonds is 6. The highest BCUT2D eigenvalue weighted by molar-refractivity contribution is 7.92. The number of nitrogens with one attached hydrogen (secondary N) is 1. The zero-order valence-electron chi connectivity index (χ0n) is 15.6. The number of carbonyl (C=O) groups is 2. The van der Waals surface area contributed by atoms with Gasteiger partial charge in [0.1, 0.15) is 6.04 Å². The minimum Gasteiger partial charge on any atom is -0.465 e. The summed E-state index contributed by atoms with van der Waals surface area (Å²) in [6, 6.07) is 12.0. The van der Waals surface area contributed by atoms with Crippen molar-refractivity contribution in [1.29, 1.82) is 0 Å².